The minimum Gasteiger partial charge on any atom is -0.507 e. The third-order valence-electron chi connectivity index (χ3n) is 4.46. The number of aromatic hydroxyl groups is 1. The lowest BCUT2D eigenvalue weighted by atomic mass is 10.0. The average molecular weight is 636 g/mol. The molecule has 0 atom stereocenters. The van der Waals surface area contributed by atoms with Crippen molar-refractivity contribution in [3.8, 4) is 11.5 Å². The highest BCUT2D eigenvalue weighted by molar-refractivity contribution is 14.1. The van der Waals surface area contributed by atoms with Gasteiger partial charge in [-0.15, -0.1) is 0 Å². The van der Waals surface area contributed by atoms with Crippen molar-refractivity contribution < 1.29 is 19.4 Å². The van der Waals surface area contributed by atoms with E-state index in [4.69, 9.17) is 4.74 Å². The topological polar surface area (TPSA) is 63.6 Å². The maximum absolute atomic E-state index is 12.4. The van der Waals surface area contributed by atoms with Crippen LogP contribution in [-0.2, 0) is 0 Å². The van der Waals surface area contributed by atoms with Crippen LogP contribution >= 0.6 is 45.2 Å². The molecule has 0 spiro atoms. The number of methoxy groups -OCH3 is 1. The van der Waals surface area contributed by atoms with E-state index in [-0.39, 0.29) is 17.3 Å². The first-order valence-electron chi connectivity index (χ1n) is 9.24. The van der Waals surface area contributed by atoms with E-state index in [2.05, 4.69) is 45.2 Å². The Bertz CT molecular complexity index is 1070. The molecule has 3 rings (SSSR count). The van der Waals surface area contributed by atoms with Crippen LogP contribution in [0.25, 0.3) is 12.2 Å². The lowest BCUT2D eigenvalue weighted by Crippen LogP contribution is -1.95. The monoisotopic (exact) mass is 636 g/mol. The first-order valence-corrected chi connectivity index (χ1v) is 11.4. The molecule has 0 aliphatic carbocycles. The number of hydrogen-bond donors (Lipinski definition) is 1. The van der Waals surface area contributed by atoms with Gasteiger partial charge in [0, 0.05) is 29.4 Å². The fourth-order valence-electron chi connectivity index (χ4n) is 2.78. The molecule has 0 unspecified atom stereocenters. The number of halogens is 2. The Labute approximate surface area is 207 Å². The standard InChI is InChI=1S/C25H18I2O4/c1-31-22-14-18(6-12-23(28)16-2-8-20(26)9-3-16)25(30)19(15-22)7-13-24(29)17-4-10-21(27)11-5-17/h2-15,30H,1H3/b12-6+,13-7+. The molecule has 0 saturated heterocycles. The van der Waals surface area contributed by atoms with Gasteiger partial charge in [0.1, 0.15) is 11.5 Å². The van der Waals surface area contributed by atoms with Gasteiger partial charge in [-0.05, 0) is 106 Å². The molecule has 0 heterocycles. The van der Waals surface area contributed by atoms with E-state index < -0.39 is 0 Å². The molecular formula is C25H18I2O4. The summed E-state index contributed by atoms with van der Waals surface area (Å²) in [5.41, 5.74) is 1.95. The molecule has 0 fully saturated rings. The minimum absolute atomic E-state index is 0.0425. The van der Waals surface area contributed by atoms with Gasteiger partial charge in [-0.1, -0.05) is 24.3 Å². The zero-order valence-electron chi connectivity index (χ0n) is 16.5. The number of carbonyl (C=O) groups is 2. The molecule has 0 amide bonds. The van der Waals surface area contributed by atoms with Gasteiger partial charge < -0.3 is 9.84 Å². The van der Waals surface area contributed by atoms with Gasteiger partial charge in [-0.2, -0.15) is 0 Å². The third-order valence-corrected chi connectivity index (χ3v) is 5.90. The van der Waals surface area contributed by atoms with Crippen molar-refractivity contribution in [2.24, 2.45) is 0 Å². The van der Waals surface area contributed by atoms with E-state index in [1.54, 1.807) is 36.4 Å². The van der Waals surface area contributed by atoms with Gasteiger partial charge >= 0.3 is 0 Å². The number of benzene rings is 3. The summed E-state index contributed by atoms with van der Waals surface area (Å²) in [7, 11) is 1.51. The summed E-state index contributed by atoms with van der Waals surface area (Å²) in [6.45, 7) is 0. The molecule has 1 N–H and O–H groups in total. The molecule has 3 aromatic rings. The fourth-order valence-corrected chi connectivity index (χ4v) is 3.49. The Balaban J connectivity index is 1.86. The summed E-state index contributed by atoms with van der Waals surface area (Å²) in [6, 6.07) is 17.7. The van der Waals surface area contributed by atoms with E-state index in [0.717, 1.165) is 7.14 Å². The van der Waals surface area contributed by atoms with Gasteiger partial charge in [0.15, 0.2) is 11.6 Å². The van der Waals surface area contributed by atoms with Crippen molar-refractivity contribution >= 4 is 68.9 Å². The van der Waals surface area contributed by atoms with Crippen LogP contribution in [-0.4, -0.2) is 23.8 Å². The predicted molar refractivity (Wildman–Crippen MR) is 140 cm³/mol. The van der Waals surface area contributed by atoms with E-state index in [0.29, 0.717) is 28.0 Å². The highest BCUT2D eigenvalue weighted by Gasteiger charge is 2.09. The van der Waals surface area contributed by atoms with Crippen molar-refractivity contribution in [1.82, 2.24) is 0 Å². The number of ketones is 2. The summed E-state index contributed by atoms with van der Waals surface area (Å²) >= 11 is 4.35. The molecule has 156 valence electrons. The molecule has 0 aromatic heterocycles. The molecule has 3 aromatic carbocycles. The summed E-state index contributed by atoms with van der Waals surface area (Å²) < 4.78 is 7.39. The maximum Gasteiger partial charge on any atom is 0.185 e. The van der Waals surface area contributed by atoms with Crippen LogP contribution in [0.2, 0.25) is 0 Å². The second kappa shape index (κ2) is 10.7. The van der Waals surface area contributed by atoms with Crippen molar-refractivity contribution in [2.75, 3.05) is 7.11 Å². The second-order valence-corrected chi connectivity index (χ2v) is 9.05. The van der Waals surface area contributed by atoms with Gasteiger partial charge in [0.25, 0.3) is 0 Å². The highest BCUT2D eigenvalue weighted by atomic mass is 127. The third kappa shape index (κ3) is 6.27. The van der Waals surface area contributed by atoms with Crippen LogP contribution in [0.5, 0.6) is 11.5 Å². The summed E-state index contributed by atoms with van der Waals surface area (Å²) in [5.74, 6) is 0.105. The Morgan fingerprint density at radius 2 is 1.16 bits per heavy atom. The number of rotatable bonds is 7. The molecular weight excluding hydrogens is 618 g/mol. The normalized spacial score (nSPS) is 11.2. The van der Waals surface area contributed by atoms with Crippen LogP contribution in [0.1, 0.15) is 31.8 Å². The van der Waals surface area contributed by atoms with Crippen LogP contribution in [0.15, 0.2) is 72.8 Å². The first kappa shape index (κ1) is 23.2. The predicted octanol–water partition coefficient (Wildman–Crippen LogP) is 6.40. The lowest BCUT2D eigenvalue weighted by Gasteiger charge is -2.08. The van der Waals surface area contributed by atoms with Crippen LogP contribution in [0, 0.1) is 7.14 Å². The molecule has 6 heteroatoms. The molecule has 0 aliphatic rings. The molecule has 0 aliphatic heterocycles. The van der Waals surface area contributed by atoms with Gasteiger partial charge in [-0.25, -0.2) is 0 Å². The average Bonchev–Trinajstić information content (AvgIpc) is 2.78. The van der Waals surface area contributed by atoms with Crippen LogP contribution < -0.4 is 4.74 Å². The molecule has 0 bridgehead atoms. The van der Waals surface area contributed by atoms with E-state index in [1.165, 1.54) is 31.4 Å². The number of ether oxygens (including phenoxy) is 1. The minimum atomic E-state index is -0.176. The first-order chi connectivity index (χ1) is 14.9. The Morgan fingerprint density at radius 1 is 0.774 bits per heavy atom. The highest BCUT2D eigenvalue weighted by Crippen LogP contribution is 2.31. The number of phenols is 1. The molecule has 0 saturated carbocycles. The van der Waals surface area contributed by atoms with E-state index in [9.17, 15) is 14.7 Å². The summed E-state index contributed by atoms with van der Waals surface area (Å²) in [6.07, 6.45) is 5.88. The summed E-state index contributed by atoms with van der Waals surface area (Å²) in [4.78, 5) is 24.8. The number of phenolic OH excluding ortho intramolecular Hbond substituents is 1. The Morgan fingerprint density at radius 3 is 1.52 bits per heavy atom. The fraction of sp³-hybridized carbons (Fsp3) is 0.0400. The molecule has 4 nitrogen and oxygen atoms in total. The van der Waals surface area contributed by atoms with Gasteiger partial charge in [-0.3, -0.25) is 9.59 Å². The second-order valence-electron chi connectivity index (χ2n) is 6.56. The largest absolute Gasteiger partial charge is 0.507 e. The Kier molecular flexibility index (Phi) is 8.03. The van der Waals surface area contributed by atoms with Crippen molar-refractivity contribution in [3.05, 3.63) is 102 Å². The quantitative estimate of drug-likeness (QED) is 0.185. The molecule has 31 heavy (non-hydrogen) atoms. The smallest absolute Gasteiger partial charge is 0.185 e. The maximum atomic E-state index is 12.4. The van der Waals surface area contributed by atoms with Crippen LogP contribution in [0.4, 0.5) is 0 Å². The Hall–Kier alpha value is -2.46. The van der Waals surface area contributed by atoms with Crippen molar-refractivity contribution in [3.63, 3.8) is 0 Å². The van der Waals surface area contributed by atoms with E-state index >= 15 is 0 Å². The molecule has 0 radical (unpaired) electrons. The summed E-state index contributed by atoms with van der Waals surface area (Å²) in [5, 5.41) is 10.7. The van der Waals surface area contributed by atoms with Crippen LogP contribution in [0.3, 0.4) is 0 Å². The van der Waals surface area contributed by atoms with Gasteiger partial charge in [0.05, 0.1) is 7.11 Å². The SMILES string of the molecule is COc1cc(/C=C/C(=O)c2ccc(I)cc2)c(O)c(/C=C/C(=O)c2ccc(I)cc2)c1. The van der Waals surface area contributed by atoms with Crippen molar-refractivity contribution in [1.29, 1.82) is 0 Å². The zero-order chi connectivity index (χ0) is 22.4. The van der Waals surface area contributed by atoms with Crippen molar-refractivity contribution in [2.45, 2.75) is 0 Å². The van der Waals surface area contributed by atoms with E-state index in [1.807, 2.05) is 24.3 Å². The lowest BCUT2D eigenvalue weighted by molar-refractivity contribution is 0.103. The number of hydrogen-bond acceptors (Lipinski definition) is 4. The zero-order valence-corrected chi connectivity index (χ0v) is 20.8. The number of carbonyl (C=O) groups excluding carboxylic acids is 2. The number of allylic oxidation sites excluding steroid dienone is 2. The van der Waals surface area contributed by atoms with Gasteiger partial charge in [0.2, 0.25) is 0 Å².